The standard InChI is InChI=1S/C23H28N6O2/c1-4-24-23(28-9-10-29(22(30)16-28)20-14-26-27(2)15-20)25-13-17-5-6-19-12-21(31-3)8-7-18(19)11-17/h5-8,11-12,14-15H,4,9-10,13,16H2,1-3H3,(H,24,25). The number of piperazine rings is 1. The molecular formula is C23H28N6O2. The largest absolute Gasteiger partial charge is 0.497 e. The second-order valence-corrected chi connectivity index (χ2v) is 7.56. The lowest BCUT2D eigenvalue weighted by molar-refractivity contribution is -0.120. The molecule has 0 saturated carbocycles. The van der Waals surface area contributed by atoms with Gasteiger partial charge in [-0.15, -0.1) is 0 Å². The molecule has 2 aromatic carbocycles. The van der Waals surface area contributed by atoms with Crippen molar-refractivity contribution in [1.29, 1.82) is 0 Å². The summed E-state index contributed by atoms with van der Waals surface area (Å²) in [6, 6.07) is 12.4. The molecule has 8 nitrogen and oxygen atoms in total. The van der Waals surface area contributed by atoms with Gasteiger partial charge in [-0.25, -0.2) is 4.99 Å². The average Bonchev–Trinajstić information content (AvgIpc) is 3.22. The Hall–Kier alpha value is -3.55. The monoisotopic (exact) mass is 420 g/mol. The minimum Gasteiger partial charge on any atom is -0.497 e. The van der Waals surface area contributed by atoms with Crippen molar-refractivity contribution in [3.05, 3.63) is 54.4 Å². The second-order valence-electron chi connectivity index (χ2n) is 7.56. The average molecular weight is 421 g/mol. The van der Waals surface area contributed by atoms with E-state index in [-0.39, 0.29) is 12.5 Å². The fraction of sp³-hybridized carbons (Fsp3) is 0.348. The van der Waals surface area contributed by atoms with Gasteiger partial charge in [-0.2, -0.15) is 5.10 Å². The molecule has 1 aliphatic heterocycles. The van der Waals surface area contributed by atoms with Gasteiger partial charge in [-0.1, -0.05) is 18.2 Å². The SMILES string of the molecule is CCNC(=NCc1ccc2cc(OC)ccc2c1)N1CCN(c2cnn(C)c2)C(=O)C1. The first-order valence-corrected chi connectivity index (χ1v) is 10.5. The van der Waals surface area contributed by atoms with E-state index in [2.05, 4.69) is 34.7 Å². The summed E-state index contributed by atoms with van der Waals surface area (Å²) in [6.45, 7) is 4.93. The van der Waals surface area contributed by atoms with Gasteiger partial charge in [0.05, 0.1) is 25.5 Å². The molecule has 1 aliphatic rings. The third-order valence-electron chi connectivity index (χ3n) is 5.38. The number of ether oxygens (including phenoxy) is 1. The van der Waals surface area contributed by atoms with Crippen LogP contribution < -0.4 is 15.0 Å². The van der Waals surface area contributed by atoms with Gasteiger partial charge in [0.15, 0.2) is 5.96 Å². The molecule has 8 heteroatoms. The Morgan fingerprint density at radius 3 is 2.71 bits per heavy atom. The highest BCUT2D eigenvalue weighted by Gasteiger charge is 2.27. The number of nitrogens with one attached hydrogen (secondary N) is 1. The highest BCUT2D eigenvalue weighted by atomic mass is 16.5. The number of amides is 1. The number of carbonyl (C=O) groups excluding carboxylic acids is 1. The van der Waals surface area contributed by atoms with Crippen molar-refractivity contribution < 1.29 is 9.53 Å². The molecule has 0 unspecified atom stereocenters. The van der Waals surface area contributed by atoms with E-state index < -0.39 is 0 Å². The van der Waals surface area contributed by atoms with Gasteiger partial charge in [0.25, 0.3) is 0 Å². The van der Waals surface area contributed by atoms with Gasteiger partial charge in [0, 0.05) is 32.9 Å². The minimum atomic E-state index is 0.0458. The Morgan fingerprint density at radius 1 is 1.19 bits per heavy atom. The van der Waals surface area contributed by atoms with E-state index in [0.717, 1.165) is 40.3 Å². The van der Waals surface area contributed by atoms with Crippen LogP contribution in [0.5, 0.6) is 5.75 Å². The lowest BCUT2D eigenvalue weighted by atomic mass is 10.1. The zero-order valence-corrected chi connectivity index (χ0v) is 18.2. The minimum absolute atomic E-state index is 0.0458. The topological polar surface area (TPSA) is 75.0 Å². The zero-order chi connectivity index (χ0) is 21.8. The number of hydrogen-bond acceptors (Lipinski definition) is 4. The molecular weight excluding hydrogens is 392 g/mol. The number of benzene rings is 2. The third-order valence-corrected chi connectivity index (χ3v) is 5.38. The van der Waals surface area contributed by atoms with Crippen molar-refractivity contribution in [1.82, 2.24) is 20.0 Å². The fourth-order valence-electron chi connectivity index (χ4n) is 3.77. The van der Waals surface area contributed by atoms with Gasteiger partial charge < -0.3 is 19.9 Å². The van der Waals surface area contributed by atoms with E-state index in [4.69, 9.17) is 9.73 Å². The molecule has 0 bridgehead atoms. The van der Waals surface area contributed by atoms with Crippen LogP contribution in [-0.4, -0.2) is 59.8 Å². The van der Waals surface area contributed by atoms with E-state index in [0.29, 0.717) is 19.6 Å². The summed E-state index contributed by atoms with van der Waals surface area (Å²) in [7, 11) is 3.53. The number of fused-ring (bicyclic) bond motifs is 1. The number of nitrogens with zero attached hydrogens (tertiary/aromatic N) is 5. The summed E-state index contributed by atoms with van der Waals surface area (Å²) in [5, 5.41) is 9.78. The summed E-state index contributed by atoms with van der Waals surface area (Å²) < 4.78 is 7.01. The quantitative estimate of drug-likeness (QED) is 0.507. The van der Waals surface area contributed by atoms with Crippen LogP contribution in [0.4, 0.5) is 5.69 Å². The third kappa shape index (κ3) is 4.63. The molecule has 3 aromatic rings. The number of methoxy groups -OCH3 is 1. The lowest BCUT2D eigenvalue weighted by Crippen LogP contribution is -2.55. The van der Waals surface area contributed by atoms with Crippen molar-refractivity contribution in [3.63, 3.8) is 0 Å². The van der Waals surface area contributed by atoms with Crippen molar-refractivity contribution in [3.8, 4) is 5.75 Å². The van der Waals surface area contributed by atoms with Crippen LogP contribution in [-0.2, 0) is 18.4 Å². The Kier molecular flexibility index (Phi) is 6.06. The number of rotatable bonds is 5. The smallest absolute Gasteiger partial charge is 0.246 e. The number of aliphatic imine (C=N–C) groups is 1. The molecule has 0 aliphatic carbocycles. The van der Waals surface area contributed by atoms with Crippen LogP contribution >= 0.6 is 0 Å². The van der Waals surface area contributed by atoms with Crippen molar-refractivity contribution in [2.45, 2.75) is 13.5 Å². The van der Waals surface area contributed by atoms with Gasteiger partial charge >= 0.3 is 0 Å². The summed E-state index contributed by atoms with van der Waals surface area (Å²) in [4.78, 5) is 21.4. The Bertz CT molecular complexity index is 1110. The van der Waals surface area contributed by atoms with Gasteiger partial charge in [-0.05, 0) is 41.5 Å². The van der Waals surface area contributed by atoms with Gasteiger partial charge in [0.2, 0.25) is 5.91 Å². The van der Waals surface area contributed by atoms with Crippen LogP contribution in [0.15, 0.2) is 53.8 Å². The van der Waals surface area contributed by atoms with Crippen LogP contribution in [0, 0.1) is 0 Å². The molecule has 2 heterocycles. The lowest BCUT2D eigenvalue weighted by Gasteiger charge is -2.35. The van der Waals surface area contributed by atoms with Crippen LogP contribution in [0.2, 0.25) is 0 Å². The maximum Gasteiger partial charge on any atom is 0.246 e. The number of anilines is 1. The molecule has 1 amide bonds. The molecule has 4 rings (SSSR count). The van der Waals surface area contributed by atoms with E-state index in [9.17, 15) is 4.79 Å². The fourth-order valence-corrected chi connectivity index (χ4v) is 3.77. The molecule has 1 N–H and O–H groups in total. The van der Waals surface area contributed by atoms with Crippen LogP contribution in [0.1, 0.15) is 12.5 Å². The molecule has 0 atom stereocenters. The predicted molar refractivity (Wildman–Crippen MR) is 122 cm³/mol. The van der Waals surface area contributed by atoms with E-state index >= 15 is 0 Å². The molecule has 162 valence electrons. The van der Waals surface area contributed by atoms with Crippen molar-refractivity contribution >= 4 is 28.3 Å². The van der Waals surface area contributed by atoms with E-state index in [1.54, 1.807) is 22.9 Å². The van der Waals surface area contributed by atoms with Crippen molar-refractivity contribution in [2.75, 3.05) is 38.2 Å². The summed E-state index contributed by atoms with van der Waals surface area (Å²) >= 11 is 0. The molecule has 1 aromatic heterocycles. The summed E-state index contributed by atoms with van der Waals surface area (Å²) in [5.41, 5.74) is 1.95. The first kappa shape index (κ1) is 20.7. The van der Waals surface area contributed by atoms with E-state index in [1.165, 1.54) is 0 Å². The number of aryl methyl sites for hydroxylation is 1. The predicted octanol–water partition coefficient (Wildman–Crippen LogP) is 2.40. The Balaban J connectivity index is 1.47. The Labute approximate surface area is 182 Å². The number of hydrogen-bond donors (Lipinski definition) is 1. The first-order chi connectivity index (χ1) is 15.1. The maximum atomic E-state index is 12.8. The highest BCUT2D eigenvalue weighted by Crippen LogP contribution is 2.22. The summed E-state index contributed by atoms with van der Waals surface area (Å²) in [6.07, 6.45) is 3.59. The molecule has 0 radical (unpaired) electrons. The number of aromatic nitrogens is 2. The second kappa shape index (κ2) is 9.07. The number of carbonyl (C=O) groups is 1. The molecule has 0 spiro atoms. The van der Waals surface area contributed by atoms with Crippen LogP contribution in [0.25, 0.3) is 10.8 Å². The number of guanidine groups is 1. The molecule has 1 fully saturated rings. The van der Waals surface area contributed by atoms with Gasteiger partial charge in [-0.3, -0.25) is 9.48 Å². The summed E-state index contributed by atoms with van der Waals surface area (Å²) in [5.74, 6) is 1.66. The maximum absolute atomic E-state index is 12.8. The zero-order valence-electron chi connectivity index (χ0n) is 18.2. The van der Waals surface area contributed by atoms with Crippen molar-refractivity contribution in [2.24, 2.45) is 12.0 Å². The molecule has 1 saturated heterocycles. The highest BCUT2D eigenvalue weighted by molar-refractivity contribution is 5.98. The van der Waals surface area contributed by atoms with E-state index in [1.807, 2.05) is 37.2 Å². The Morgan fingerprint density at radius 2 is 2.00 bits per heavy atom. The normalized spacial score (nSPS) is 14.9. The van der Waals surface area contributed by atoms with Crippen LogP contribution in [0.3, 0.4) is 0 Å². The van der Waals surface area contributed by atoms with Gasteiger partial charge in [0.1, 0.15) is 12.3 Å². The first-order valence-electron chi connectivity index (χ1n) is 10.5. The molecule has 31 heavy (non-hydrogen) atoms.